The topological polar surface area (TPSA) is 118 Å². The van der Waals surface area contributed by atoms with Crippen LogP contribution in [0.4, 0.5) is 11.6 Å². The maximum Gasteiger partial charge on any atom is 0.238 e. The Morgan fingerprint density at radius 2 is 2.00 bits per heavy atom. The van der Waals surface area contributed by atoms with Crippen LogP contribution < -0.4 is 15.4 Å². The second-order valence-corrected chi connectivity index (χ2v) is 7.90. The lowest BCUT2D eigenvalue weighted by molar-refractivity contribution is -0.120. The molecule has 1 saturated heterocycles. The van der Waals surface area contributed by atoms with E-state index in [9.17, 15) is 13.2 Å². The van der Waals surface area contributed by atoms with Gasteiger partial charge in [-0.3, -0.25) is 4.79 Å². The van der Waals surface area contributed by atoms with Gasteiger partial charge in [-0.05, 0) is 50.1 Å². The number of piperidine rings is 1. The Labute approximate surface area is 152 Å². The number of aryl methyl sites for hydroxylation is 1. The van der Waals surface area contributed by atoms with Crippen LogP contribution in [-0.2, 0) is 14.8 Å². The van der Waals surface area contributed by atoms with Crippen LogP contribution >= 0.6 is 0 Å². The van der Waals surface area contributed by atoms with Crippen molar-refractivity contribution in [1.82, 2.24) is 9.97 Å². The monoisotopic (exact) mass is 375 g/mol. The molecule has 138 valence electrons. The number of sulfonamides is 1. The third-order valence-electron chi connectivity index (χ3n) is 4.31. The highest BCUT2D eigenvalue weighted by molar-refractivity contribution is 7.89. The summed E-state index contributed by atoms with van der Waals surface area (Å²) in [6.45, 7) is 3.27. The van der Waals surface area contributed by atoms with E-state index in [4.69, 9.17) is 5.14 Å². The molecule has 9 heteroatoms. The van der Waals surface area contributed by atoms with Gasteiger partial charge in [0.15, 0.2) is 0 Å². The zero-order valence-electron chi connectivity index (χ0n) is 14.4. The molecule has 3 N–H and O–H groups in total. The second-order valence-electron chi connectivity index (χ2n) is 6.34. The Morgan fingerprint density at radius 1 is 1.27 bits per heavy atom. The molecule has 1 aromatic carbocycles. The summed E-state index contributed by atoms with van der Waals surface area (Å²) in [5, 5.41) is 7.91. The van der Waals surface area contributed by atoms with Crippen molar-refractivity contribution < 1.29 is 13.2 Å². The Balaban J connectivity index is 1.66. The average Bonchev–Trinajstić information content (AvgIpc) is 2.61. The number of aromatic nitrogens is 2. The third-order valence-corrected chi connectivity index (χ3v) is 5.24. The molecule has 0 spiro atoms. The number of carbonyl (C=O) groups excluding carboxylic acids is 1. The molecular weight excluding hydrogens is 354 g/mol. The fraction of sp³-hybridized carbons (Fsp3) is 0.353. The van der Waals surface area contributed by atoms with E-state index in [0.717, 1.165) is 25.1 Å². The summed E-state index contributed by atoms with van der Waals surface area (Å²) in [7, 11) is -3.74. The van der Waals surface area contributed by atoms with Crippen molar-refractivity contribution >= 4 is 27.6 Å². The molecule has 1 amide bonds. The van der Waals surface area contributed by atoms with Crippen molar-refractivity contribution in [2.45, 2.75) is 24.7 Å². The SMILES string of the molecule is Cc1ccnc(N2CCC[C@@H](C(=O)Nc3ccc(S(N)(=O)=O)cc3)C2)n1. The minimum atomic E-state index is -3.74. The summed E-state index contributed by atoms with van der Waals surface area (Å²) >= 11 is 0. The van der Waals surface area contributed by atoms with Gasteiger partial charge in [0, 0.05) is 30.7 Å². The van der Waals surface area contributed by atoms with Crippen LogP contribution in [0.25, 0.3) is 0 Å². The number of carbonyl (C=O) groups is 1. The van der Waals surface area contributed by atoms with Crippen LogP contribution in [-0.4, -0.2) is 37.4 Å². The van der Waals surface area contributed by atoms with Crippen molar-refractivity contribution in [3.63, 3.8) is 0 Å². The summed E-state index contributed by atoms with van der Waals surface area (Å²) in [5.74, 6) is 0.344. The van der Waals surface area contributed by atoms with Crippen LogP contribution in [0.1, 0.15) is 18.5 Å². The van der Waals surface area contributed by atoms with Gasteiger partial charge in [-0.25, -0.2) is 23.5 Å². The Bertz CT molecular complexity index is 899. The summed E-state index contributed by atoms with van der Waals surface area (Å²) in [6, 6.07) is 7.64. The molecule has 2 aromatic rings. The van der Waals surface area contributed by atoms with Gasteiger partial charge in [-0.1, -0.05) is 0 Å². The minimum absolute atomic E-state index is 0.0101. The lowest BCUT2D eigenvalue weighted by Crippen LogP contribution is -2.41. The van der Waals surface area contributed by atoms with E-state index < -0.39 is 10.0 Å². The molecule has 1 aliphatic heterocycles. The number of benzene rings is 1. The van der Waals surface area contributed by atoms with Crippen molar-refractivity contribution in [2.75, 3.05) is 23.3 Å². The fourth-order valence-electron chi connectivity index (χ4n) is 2.93. The predicted octanol–water partition coefficient (Wildman–Crippen LogP) is 1.29. The second kappa shape index (κ2) is 7.38. The number of hydrogen-bond donors (Lipinski definition) is 2. The standard InChI is InChI=1S/C17H21N5O3S/c1-12-8-9-19-17(20-12)22-10-2-3-13(11-22)16(23)21-14-4-6-15(7-5-14)26(18,24)25/h4-9,13H,2-3,10-11H2,1H3,(H,21,23)(H2,18,24,25)/t13-/m1/s1. The molecule has 1 atom stereocenters. The summed E-state index contributed by atoms with van der Waals surface area (Å²) in [6.07, 6.45) is 3.37. The smallest absolute Gasteiger partial charge is 0.238 e. The van der Waals surface area contributed by atoms with Crippen molar-refractivity contribution in [3.8, 4) is 0 Å². The van der Waals surface area contributed by atoms with Crippen LogP contribution in [0.5, 0.6) is 0 Å². The van der Waals surface area contributed by atoms with E-state index in [2.05, 4.69) is 15.3 Å². The molecule has 2 heterocycles. The van der Waals surface area contributed by atoms with Gasteiger partial charge in [0.2, 0.25) is 21.9 Å². The highest BCUT2D eigenvalue weighted by atomic mass is 32.2. The first-order valence-electron chi connectivity index (χ1n) is 8.31. The number of nitrogens with two attached hydrogens (primary N) is 1. The van der Waals surface area contributed by atoms with Gasteiger partial charge in [0.25, 0.3) is 0 Å². The van der Waals surface area contributed by atoms with E-state index in [1.165, 1.54) is 24.3 Å². The lowest BCUT2D eigenvalue weighted by atomic mass is 9.97. The van der Waals surface area contributed by atoms with Gasteiger partial charge in [0.1, 0.15) is 0 Å². The Morgan fingerprint density at radius 3 is 2.65 bits per heavy atom. The first-order valence-corrected chi connectivity index (χ1v) is 9.86. The van der Waals surface area contributed by atoms with E-state index in [-0.39, 0.29) is 16.7 Å². The molecule has 0 radical (unpaired) electrons. The molecule has 0 saturated carbocycles. The molecule has 1 aliphatic rings. The van der Waals surface area contributed by atoms with Gasteiger partial charge >= 0.3 is 0 Å². The van der Waals surface area contributed by atoms with Crippen molar-refractivity contribution in [1.29, 1.82) is 0 Å². The number of primary sulfonamides is 1. The van der Waals surface area contributed by atoms with E-state index in [0.29, 0.717) is 18.2 Å². The number of hydrogen-bond acceptors (Lipinski definition) is 6. The highest BCUT2D eigenvalue weighted by Crippen LogP contribution is 2.22. The molecule has 26 heavy (non-hydrogen) atoms. The normalized spacial score (nSPS) is 17.8. The first-order chi connectivity index (χ1) is 12.3. The number of rotatable bonds is 4. The molecule has 8 nitrogen and oxygen atoms in total. The van der Waals surface area contributed by atoms with Gasteiger partial charge in [0.05, 0.1) is 10.8 Å². The zero-order chi connectivity index (χ0) is 18.7. The molecule has 3 rings (SSSR count). The molecule has 1 aromatic heterocycles. The van der Waals surface area contributed by atoms with Gasteiger partial charge < -0.3 is 10.2 Å². The molecular formula is C17H21N5O3S. The van der Waals surface area contributed by atoms with E-state index in [1.807, 2.05) is 17.9 Å². The van der Waals surface area contributed by atoms with Crippen LogP contribution in [0.15, 0.2) is 41.4 Å². The van der Waals surface area contributed by atoms with Gasteiger partial charge in [-0.15, -0.1) is 0 Å². The maximum atomic E-state index is 12.6. The Hall–Kier alpha value is -2.52. The minimum Gasteiger partial charge on any atom is -0.340 e. The largest absolute Gasteiger partial charge is 0.340 e. The summed E-state index contributed by atoms with van der Waals surface area (Å²) in [5.41, 5.74) is 1.42. The zero-order valence-corrected chi connectivity index (χ0v) is 15.2. The van der Waals surface area contributed by atoms with Crippen LogP contribution in [0, 0.1) is 12.8 Å². The molecule has 0 bridgehead atoms. The van der Waals surface area contributed by atoms with E-state index >= 15 is 0 Å². The third kappa shape index (κ3) is 4.36. The number of nitrogens with one attached hydrogen (secondary N) is 1. The highest BCUT2D eigenvalue weighted by Gasteiger charge is 2.27. The van der Waals surface area contributed by atoms with Crippen LogP contribution in [0.2, 0.25) is 0 Å². The predicted molar refractivity (Wildman–Crippen MR) is 98.2 cm³/mol. The fourth-order valence-corrected chi connectivity index (χ4v) is 3.45. The van der Waals surface area contributed by atoms with Crippen molar-refractivity contribution in [3.05, 3.63) is 42.2 Å². The van der Waals surface area contributed by atoms with Crippen LogP contribution in [0.3, 0.4) is 0 Å². The number of anilines is 2. The maximum absolute atomic E-state index is 12.6. The molecule has 0 aliphatic carbocycles. The Kier molecular flexibility index (Phi) is 5.19. The van der Waals surface area contributed by atoms with Gasteiger partial charge in [-0.2, -0.15) is 0 Å². The van der Waals surface area contributed by atoms with Crippen molar-refractivity contribution in [2.24, 2.45) is 11.1 Å². The molecule has 1 fully saturated rings. The molecule has 0 unspecified atom stereocenters. The number of amides is 1. The average molecular weight is 375 g/mol. The summed E-state index contributed by atoms with van der Waals surface area (Å²) < 4.78 is 22.6. The van der Waals surface area contributed by atoms with E-state index in [1.54, 1.807) is 6.20 Å². The quantitative estimate of drug-likeness (QED) is 0.831. The lowest BCUT2D eigenvalue weighted by Gasteiger charge is -2.32. The summed E-state index contributed by atoms with van der Waals surface area (Å²) in [4.78, 5) is 23.3. The number of nitrogens with zero attached hydrogens (tertiary/aromatic N) is 3. The first kappa shape index (κ1) is 18.3.